The number of methoxy groups -OCH3 is 2. The lowest BCUT2D eigenvalue weighted by molar-refractivity contribution is 0.165. The third-order valence-corrected chi connectivity index (χ3v) is 6.85. The number of hydrogen-bond acceptors (Lipinski definition) is 5. The number of pyridine rings is 1. The van der Waals surface area contributed by atoms with E-state index in [-0.39, 0.29) is 0 Å². The molecule has 1 aromatic heterocycles. The highest BCUT2D eigenvalue weighted by atomic mass is 16.5. The molecule has 0 saturated carbocycles. The topological polar surface area (TPSA) is 46.6 Å². The number of benzene rings is 2. The SMILES string of the molecule is COc1cc2nc3c(c(N[C@@H]4C[C@@H](C)CN(Cc5ccccc5)C4)c2cc1OC)CCC3. The molecule has 168 valence electrons. The number of nitrogens with one attached hydrogen (secondary N) is 1. The molecular weight excluding hydrogens is 398 g/mol. The van der Waals surface area contributed by atoms with Gasteiger partial charge in [-0.1, -0.05) is 37.3 Å². The first kappa shape index (κ1) is 21.1. The van der Waals surface area contributed by atoms with Crippen LogP contribution in [0.2, 0.25) is 0 Å². The van der Waals surface area contributed by atoms with Crippen molar-refractivity contribution in [2.45, 2.75) is 45.2 Å². The molecule has 0 amide bonds. The fraction of sp³-hybridized carbons (Fsp3) is 0.444. The highest BCUT2D eigenvalue weighted by Gasteiger charge is 2.28. The van der Waals surface area contributed by atoms with Gasteiger partial charge in [0.2, 0.25) is 0 Å². The minimum absolute atomic E-state index is 0.408. The second-order valence-corrected chi connectivity index (χ2v) is 9.35. The summed E-state index contributed by atoms with van der Waals surface area (Å²) < 4.78 is 11.2. The molecule has 2 heterocycles. The molecule has 3 aromatic rings. The van der Waals surface area contributed by atoms with Crippen LogP contribution in [0.15, 0.2) is 42.5 Å². The Morgan fingerprint density at radius 1 is 1.03 bits per heavy atom. The van der Waals surface area contributed by atoms with Crippen molar-refractivity contribution in [3.05, 3.63) is 59.3 Å². The van der Waals surface area contributed by atoms with Crippen LogP contribution in [0, 0.1) is 5.92 Å². The zero-order valence-electron chi connectivity index (χ0n) is 19.4. The van der Waals surface area contributed by atoms with Crippen molar-refractivity contribution >= 4 is 16.6 Å². The molecule has 1 N–H and O–H groups in total. The van der Waals surface area contributed by atoms with Crippen LogP contribution >= 0.6 is 0 Å². The molecule has 2 aliphatic rings. The third kappa shape index (κ3) is 4.14. The van der Waals surface area contributed by atoms with Crippen LogP contribution < -0.4 is 14.8 Å². The number of anilines is 1. The number of aromatic nitrogens is 1. The van der Waals surface area contributed by atoms with Crippen LogP contribution in [0.25, 0.3) is 10.9 Å². The molecule has 2 aromatic carbocycles. The second-order valence-electron chi connectivity index (χ2n) is 9.35. The number of piperidine rings is 1. The summed E-state index contributed by atoms with van der Waals surface area (Å²) in [4.78, 5) is 7.58. The van der Waals surface area contributed by atoms with E-state index in [1.54, 1.807) is 14.2 Å². The van der Waals surface area contributed by atoms with Crippen LogP contribution in [0.3, 0.4) is 0 Å². The molecule has 1 aliphatic heterocycles. The van der Waals surface area contributed by atoms with Gasteiger partial charge in [0.05, 0.1) is 19.7 Å². The summed E-state index contributed by atoms with van der Waals surface area (Å²) in [6.07, 6.45) is 4.49. The van der Waals surface area contributed by atoms with Gasteiger partial charge in [-0.15, -0.1) is 0 Å². The third-order valence-electron chi connectivity index (χ3n) is 6.85. The van der Waals surface area contributed by atoms with E-state index in [9.17, 15) is 0 Å². The number of ether oxygens (including phenoxy) is 2. The molecule has 5 heteroatoms. The summed E-state index contributed by atoms with van der Waals surface area (Å²) in [6.45, 7) is 5.57. The maximum atomic E-state index is 5.62. The number of hydrogen-bond donors (Lipinski definition) is 1. The van der Waals surface area contributed by atoms with Crippen LogP contribution in [0.5, 0.6) is 11.5 Å². The summed E-state index contributed by atoms with van der Waals surface area (Å²) in [6, 6.07) is 15.3. The van der Waals surface area contributed by atoms with Crippen molar-refractivity contribution in [1.82, 2.24) is 9.88 Å². The van der Waals surface area contributed by atoms with Crippen LogP contribution in [-0.2, 0) is 19.4 Å². The standard InChI is InChI=1S/C27H33N3O2/c1-18-12-20(17-30(15-18)16-19-8-5-4-6-9-19)28-27-21-10-7-11-23(21)29-24-14-26(32-3)25(31-2)13-22(24)27/h4-6,8-9,13-14,18,20H,7,10-12,15-17H2,1-3H3,(H,28,29)/t18-,20-/m1/s1. The van der Waals surface area contributed by atoms with Gasteiger partial charge in [0.25, 0.3) is 0 Å². The molecule has 32 heavy (non-hydrogen) atoms. The fourth-order valence-electron chi connectivity index (χ4n) is 5.50. The van der Waals surface area contributed by atoms with Crippen molar-refractivity contribution < 1.29 is 9.47 Å². The summed E-state index contributed by atoms with van der Waals surface area (Å²) in [5.74, 6) is 2.14. The highest BCUT2D eigenvalue weighted by Crippen LogP contribution is 2.40. The van der Waals surface area contributed by atoms with Gasteiger partial charge in [0.15, 0.2) is 11.5 Å². The first-order chi connectivity index (χ1) is 15.6. The van der Waals surface area contributed by atoms with Crippen LogP contribution in [0.1, 0.15) is 36.6 Å². The van der Waals surface area contributed by atoms with E-state index < -0.39 is 0 Å². The van der Waals surface area contributed by atoms with Crippen molar-refractivity contribution in [3.63, 3.8) is 0 Å². The summed E-state index contributed by atoms with van der Waals surface area (Å²) in [5.41, 5.74) is 6.24. The average molecular weight is 432 g/mol. The fourth-order valence-corrected chi connectivity index (χ4v) is 5.50. The maximum absolute atomic E-state index is 5.62. The Bertz CT molecular complexity index is 1100. The van der Waals surface area contributed by atoms with E-state index in [2.05, 4.69) is 53.5 Å². The summed E-state index contributed by atoms with van der Waals surface area (Å²) in [5, 5.41) is 5.12. The second kappa shape index (κ2) is 8.99. The number of nitrogens with zero attached hydrogens (tertiary/aromatic N) is 2. The molecule has 0 unspecified atom stereocenters. The molecule has 1 saturated heterocycles. The molecule has 5 rings (SSSR count). The molecule has 1 fully saturated rings. The Hall–Kier alpha value is -2.79. The lowest BCUT2D eigenvalue weighted by atomic mass is 9.94. The monoisotopic (exact) mass is 431 g/mol. The van der Waals surface area contributed by atoms with Crippen LogP contribution in [-0.4, -0.2) is 43.2 Å². The van der Waals surface area contributed by atoms with Gasteiger partial charge < -0.3 is 14.8 Å². The van der Waals surface area contributed by atoms with Gasteiger partial charge in [-0.2, -0.15) is 0 Å². The van der Waals surface area contributed by atoms with Gasteiger partial charge in [-0.3, -0.25) is 9.88 Å². The van der Waals surface area contributed by atoms with E-state index in [1.165, 1.54) is 35.3 Å². The predicted octanol–water partition coefficient (Wildman–Crippen LogP) is 5.06. The van der Waals surface area contributed by atoms with E-state index in [0.29, 0.717) is 12.0 Å². The number of aryl methyl sites for hydroxylation is 1. The van der Waals surface area contributed by atoms with E-state index in [1.807, 2.05) is 6.07 Å². The normalized spacial score (nSPS) is 20.8. The van der Waals surface area contributed by atoms with Crippen LogP contribution in [0.4, 0.5) is 5.69 Å². The van der Waals surface area contributed by atoms with Crippen molar-refractivity contribution in [2.75, 3.05) is 32.6 Å². The molecule has 5 nitrogen and oxygen atoms in total. The van der Waals surface area contributed by atoms with Gasteiger partial charge in [-0.25, -0.2) is 0 Å². The Morgan fingerprint density at radius 2 is 1.81 bits per heavy atom. The highest BCUT2D eigenvalue weighted by molar-refractivity contribution is 5.96. The van der Waals surface area contributed by atoms with Crippen molar-refractivity contribution in [1.29, 1.82) is 0 Å². The summed E-state index contributed by atoms with van der Waals surface area (Å²) >= 11 is 0. The molecule has 0 radical (unpaired) electrons. The summed E-state index contributed by atoms with van der Waals surface area (Å²) in [7, 11) is 3.38. The van der Waals surface area contributed by atoms with Crippen molar-refractivity contribution in [3.8, 4) is 11.5 Å². The van der Waals surface area contributed by atoms with Gasteiger partial charge in [0.1, 0.15) is 0 Å². The Balaban J connectivity index is 1.47. The number of likely N-dealkylation sites (tertiary alicyclic amines) is 1. The van der Waals surface area contributed by atoms with Crippen molar-refractivity contribution in [2.24, 2.45) is 5.92 Å². The van der Waals surface area contributed by atoms with E-state index in [4.69, 9.17) is 14.5 Å². The smallest absolute Gasteiger partial charge is 0.162 e. The minimum Gasteiger partial charge on any atom is -0.493 e. The maximum Gasteiger partial charge on any atom is 0.162 e. The lowest BCUT2D eigenvalue weighted by Crippen LogP contribution is -2.45. The lowest BCUT2D eigenvalue weighted by Gasteiger charge is -2.38. The molecule has 0 spiro atoms. The zero-order valence-corrected chi connectivity index (χ0v) is 19.4. The first-order valence-corrected chi connectivity index (χ1v) is 11.7. The predicted molar refractivity (Wildman–Crippen MR) is 130 cm³/mol. The van der Waals surface area contributed by atoms with Gasteiger partial charge in [0, 0.05) is 48.5 Å². The van der Waals surface area contributed by atoms with E-state index >= 15 is 0 Å². The van der Waals surface area contributed by atoms with Gasteiger partial charge in [-0.05, 0) is 48.8 Å². The first-order valence-electron chi connectivity index (χ1n) is 11.7. The Kier molecular flexibility index (Phi) is 5.92. The quantitative estimate of drug-likeness (QED) is 0.591. The molecule has 0 bridgehead atoms. The number of fused-ring (bicyclic) bond motifs is 2. The largest absolute Gasteiger partial charge is 0.493 e. The number of rotatable bonds is 6. The molecular formula is C27H33N3O2. The average Bonchev–Trinajstić information content (AvgIpc) is 3.27. The van der Waals surface area contributed by atoms with Gasteiger partial charge >= 0.3 is 0 Å². The molecule has 1 aliphatic carbocycles. The molecule has 2 atom stereocenters. The minimum atomic E-state index is 0.408. The Morgan fingerprint density at radius 3 is 2.59 bits per heavy atom. The van der Waals surface area contributed by atoms with E-state index in [0.717, 1.165) is 54.9 Å². The Labute approximate surface area is 190 Å². The zero-order chi connectivity index (χ0) is 22.1.